The highest BCUT2D eigenvalue weighted by molar-refractivity contribution is 5.70. The average molecular weight is 271 g/mol. The lowest BCUT2D eigenvalue weighted by Crippen LogP contribution is -2.00. The Morgan fingerprint density at radius 3 is 1.95 bits per heavy atom. The molecule has 0 fully saturated rings. The van der Waals surface area contributed by atoms with Crippen LogP contribution in [0.25, 0.3) is 22.6 Å². The van der Waals surface area contributed by atoms with E-state index >= 15 is 0 Å². The Morgan fingerprint density at radius 2 is 1.38 bits per heavy atom. The second kappa shape index (κ2) is 5.56. The fourth-order valence-electron chi connectivity index (χ4n) is 2.23. The molecule has 0 aliphatic heterocycles. The van der Waals surface area contributed by atoms with Crippen molar-refractivity contribution in [3.05, 3.63) is 71.9 Å². The highest BCUT2D eigenvalue weighted by atomic mass is 14.9. The van der Waals surface area contributed by atoms with Gasteiger partial charge in [-0.1, -0.05) is 60.7 Å². The van der Waals surface area contributed by atoms with Crippen LogP contribution >= 0.6 is 0 Å². The van der Waals surface area contributed by atoms with Crippen LogP contribution in [0.15, 0.2) is 60.7 Å². The Bertz CT molecular complexity index is 803. The molecule has 3 aromatic rings. The molecule has 3 nitrogen and oxygen atoms in total. The normalized spacial score (nSPS) is 10.1. The molecule has 1 heterocycles. The summed E-state index contributed by atoms with van der Waals surface area (Å²) in [6, 6.07) is 21.8. The van der Waals surface area contributed by atoms with Crippen LogP contribution in [0.3, 0.4) is 0 Å². The third-order valence-corrected chi connectivity index (χ3v) is 3.28. The van der Waals surface area contributed by atoms with Crippen molar-refractivity contribution in [1.82, 2.24) is 9.97 Å². The molecule has 0 saturated heterocycles. The van der Waals surface area contributed by atoms with Gasteiger partial charge in [0.2, 0.25) is 0 Å². The van der Waals surface area contributed by atoms with Gasteiger partial charge in [0.05, 0.1) is 17.0 Å². The van der Waals surface area contributed by atoms with Gasteiger partial charge in [-0.2, -0.15) is 5.26 Å². The van der Waals surface area contributed by atoms with E-state index in [0.717, 1.165) is 11.1 Å². The summed E-state index contributed by atoms with van der Waals surface area (Å²) in [5.41, 5.74) is 3.79. The Hall–Kier alpha value is -2.99. The Labute approximate surface area is 123 Å². The first kappa shape index (κ1) is 13.0. The topological polar surface area (TPSA) is 49.6 Å². The molecular formula is C18H13N3. The van der Waals surface area contributed by atoms with E-state index in [1.54, 1.807) is 0 Å². The van der Waals surface area contributed by atoms with E-state index in [1.807, 2.05) is 67.6 Å². The fourth-order valence-corrected chi connectivity index (χ4v) is 2.23. The number of benzene rings is 2. The summed E-state index contributed by atoms with van der Waals surface area (Å²) in [7, 11) is 0. The molecule has 0 aliphatic carbocycles. The van der Waals surface area contributed by atoms with E-state index in [4.69, 9.17) is 0 Å². The zero-order chi connectivity index (χ0) is 14.7. The molecule has 0 spiro atoms. The van der Waals surface area contributed by atoms with Gasteiger partial charge in [0.25, 0.3) is 0 Å². The Balaban J connectivity index is 2.24. The number of aryl methyl sites for hydroxylation is 1. The molecule has 0 atom stereocenters. The van der Waals surface area contributed by atoms with Crippen LogP contribution in [0.2, 0.25) is 0 Å². The SMILES string of the molecule is Cc1nc(-c2ccccc2)nc(-c2ccccc2)c1C#N. The fraction of sp³-hybridized carbons (Fsp3) is 0.0556. The predicted octanol–water partition coefficient (Wildman–Crippen LogP) is 3.99. The van der Waals surface area contributed by atoms with Gasteiger partial charge >= 0.3 is 0 Å². The van der Waals surface area contributed by atoms with Gasteiger partial charge in [0, 0.05) is 11.1 Å². The minimum absolute atomic E-state index is 0.529. The van der Waals surface area contributed by atoms with E-state index in [1.165, 1.54) is 0 Å². The van der Waals surface area contributed by atoms with Crippen molar-refractivity contribution >= 4 is 0 Å². The van der Waals surface area contributed by atoms with Gasteiger partial charge in [-0.15, -0.1) is 0 Å². The first-order valence-electron chi connectivity index (χ1n) is 6.69. The summed E-state index contributed by atoms with van der Waals surface area (Å²) >= 11 is 0. The van der Waals surface area contributed by atoms with Crippen LogP contribution in [0, 0.1) is 18.3 Å². The summed E-state index contributed by atoms with van der Waals surface area (Å²) in [5.74, 6) is 0.644. The third kappa shape index (κ3) is 2.52. The van der Waals surface area contributed by atoms with Crippen molar-refractivity contribution in [2.24, 2.45) is 0 Å². The smallest absolute Gasteiger partial charge is 0.160 e. The third-order valence-electron chi connectivity index (χ3n) is 3.28. The van der Waals surface area contributed by atoms with Gasteiger partial charge in [0.1, 0.15) is 6.07 Å². The van der Waals surface area contributed by atoms with Crippen molar-refractivity contribution in [2.45, 2.75) is 6.92 Å². The largest absolute Gasteiger partial charge is 0.232 e. The van der Waals surface area contributed by atoms with Crippen LogP contribution < -0.4 is 0 Å². The maximum Gasteiger partial charge on any atom is 0.160 e. The molecule has 0 aliphatic rings. The lowest BCUT2D eigenvalue weighted by atomic mass is 10.0. The molecule has 21 heavy (non-hydrogen) atoms. The summed E-state index contributed by atoms with van der Waals surface area (Å²) in [4.78, 5) is 9.08. The molecule has 0 radical (unpaired) electrons. The summed E-state index contributed by atoms with van der Waals surface area (Å²) in [6.45, 7) is 1.85. The quantitative estimate of drug-likeness (QED) is 0.708. The standard InChI is InChI=1S/C18H13N3/c1-13-16(12-19)17(14-8-4-2-5-9-14)21-18(20-13)15-10-6-3-7-11-15/h2-11H,1H3. The van der Waals surface area contributed by atoms with Crippen molar-refractivity contribution in [1.29, 1.82) is 5.26 Å². The van der Waals surface area contributed by atoms with Gasteiger partial charge in [0.15, 0.2) is 5.82 Å². The number of rotatable bonds is 2. The van der Waals surface area contributed by atoms with Crippen LogP contribution in [0.1, 0.15) is 11.3 Å². The van der Waals surface area contributed by atoms with Gasteiger partial charge < -0.3 is 0 Å². The zero-order valence-electron chi connectivity index (χ0n) is 11.6. The molecule has 0 amide bonds. The van der Waals surface area contributed by atoms with E-state index in [9.17, 15) is 5.26 Å². The second-order valence-electron chi connectivity index (χ2n) is 4.70. The minimum Gasteiger partial charge on any atom is -0.232 e. The number of hydrogen-bond donors (Lipinski definition) is 0. The molecule has 0 bridgehead atoms. The van der Waals surface area contributed by atoms with E-state index in [-0.39, 0.29) is 0 Å². The maximum absolute atomic E-state index is 9.39. The summed E-state index contributed by atoms with van der Waals surface area (Å²) in [5, 5.41) is 9.39. The monoisotopic (exact) mass is 271 g/mol. The minimum atomic E-state index is 0.529. The Kier molecular flexibility index (Phi) is 3.44. The highest BCUT2D eigenvalue weighted by Gasteiger charge is 2.13. The van der Waals surface area contributed by atoms with Crippen LogP contribution in [-0.2, 0) is 0 Å². The van der Waals surface area contributed by atoms with Crippen LogP contribution in [-0.4, -0.2) is 9.97 Å². The molecular weight excluding hydrogens is 258 g/mol. The second-order valence-corrected chi connectivity index (χ2v) is 4.70. The molecule has 100 valence electrons. The predicted molar refractivity (Wildman–Crippen MR) is 82.4 cm³/mol. The number of hydrogen-bond acceptors (Lipinski definition) is 3. The number of aromatic nitrogens is 2. The molecule has 2 aromatic carbocycles. The molecule has 0 saturated carbocycles. The van der Waals surface area contributed by atoms with Gasteiger partial charge in [-0.05, 0) is 6.92 Å². The molecule has 0 N–H and O–H groups in total. The summed E-state index contributed by atoms with van der Waals surface area (Å²) in [6.07, 6.45) is 0. The van der Waals surface area contributed by atoms with Gasteiger partial charge in [-0.25, -0.2) is 9.97 Å². The van der Waals surface area contributed by atoms with E-state index in [0.29, 0.717) is 22.8 Å². The maximum atomic E-state index is 9.39. The highest BCUT2D eigenvalue weighted by Crippen LogP contribution is 2.26. The first-order chi connectivity index (χ1) is 10.3. The summed E-state index contributed by atoms with van der Waals surface area (Å²) < 4.78 is 0. The first-order valence-corrected chi connectivity index (χ1v) is 6.69. The van der Waals surface area contributed by atoms with E-state index in [2.05, 4.69) is 16.0 Å². The molecule has 1 aromatic heterocycles. The lowest BCUT2D eigenvalue weighted by molar-refractivity contribution is 1.10. The van der Waals surface area contributed by atoms with Crippen molar-refractivity contribution in [3.63, 3.8) is 0 Å². The van der Waals surface area contributed by atoms with Crippen molar-refractivity contribution < 1.29 is 0 Å². The average Bonchev–Trinajstić information content (AvgIpc) is 2.55. The van der Waals surface area contributed by atoms with Crippen molar-refractivity contribution in [2.75, 3.05) is 0 Å². The van der Waals surface area contributed by atoms with Crippen LogP contribution in [0.4, 0.5) is 0 Å². The number of nitrogens with zero attached hydrogens (tertiary/aromatic N) is 3. The van der Waals surface area contributed by atoms with Gasteiger partial charge in [-0.3, -0.25) is 0 Å². The van der Waals surface area contributed by atoms with Crippen LogP contribution in [0.5, 0.6) is 0 Å². The van der Waals surface area contributed by atoms with Crippen molar-refractivity contribution in [3.8, 4) is 28.7 Å². The Morgan fingerprint density at radius 1 is 0.810 bits per heavy atom. The molecule has 3 heteroatoms. The zero-order valence-corrected chi connectivity index (χ0v) is 11.6. The number of nitriles is 1. The van der Waals surface area contributed by atoms with E-state index < -0.39 is 0 Å². The lowest BCUT2D eigenvalue weighted by Gasteiger charge is -2.09. The molecule has 0 unspecified atom stereocenters. The molecule has 3 rings (SSSR count).